The third-order valence-corrected chi connectivity index (χ3v) is 6.71. The van der Waals surface area contributed by atoms with Crippen LogP contribution in [0.5, 0.6) is 0 Å². The van der Waals surface area contributed by atoms with Crippen LogP contribution in [0, 0.1) is 116 Å². The summed E-state index contributed by atoms with van der Waals surface area (Å²) < 4.78 is 294. The minimum absolute atomic E-state index is 0. The van der Waals surface area contributed by atoms with Crippen molar-refractivity contribution in [3.8, 4) is 0 Å². The Morgan fingerprint density at radius 1 is 0.174 bits per heavy atom. The number of benzene rings is 4. The van der Waals surface area contributed by atoms with E-state index in [2.05, 4.69) is 0 Å². The van der Waals surface area contributed by atoms with E-state index in [1.165, 1.54) is 0 Å². The predicted octanol–water partition coefficient (Wildman–Crippen LogP) is 5.84. The summed E-state index contributed by atoms with van der Waals surface area (Å²) in [4.78, 5) is 0. The van der Waals surface area contributed by atoms with Crippen molar-refractivity contribution in [3.63, 3.8) is 0 Å². The van der Waals surface area contributed by atoms with E-state index in [9.17, 15) is 52.7 Å². The van der Waals surface area contributed by atoms with Crippen LogP contribution in [0.25, 0.3) is 0 Å². The van der Waals surface area contributed by atoms with Crippen LogP contribution >= 0.6 is 0 Å². The van der Waals surface area contributed by atoms with Crippen molar-refractivity contribution >= 4 is 28.0 Å². The summed E-state index contributed by atoms with van der Waals surface area (Å²) in [5, 5.41) is 0. The first-order valence-corrected chi connectivity index (χ1v) is 10.9. The van der Waals surface area contributed by atoms with E-state index < -0.39 is 144 Å². The van der Waals surface area contributed by atoms with E-state index in [1.54, 1.807) is 0 Å². The molecule has 0 fully saturated rings. The Bertz CT molecular complexity index is 1580. The van der Waals surface area contributed by atoms with Gasteiger partial charge in [-0.25, -0.2) is 87.8 Å². The molecule has 0 aliphatic rings. The summed E-state index contributed by atoms with van der Waals surface area (Å²) in [5.74, 6) is -71.4. The first-order chi connectivity index (χ1) is 20.7. The second kappa shape index (κ2) is 12.1. The minimum atomic E-state index is -7.22. The Morgan fingerprint density at radius 2 is 0.261 bits per heavy atom. The van der Waals surface area contributed by atoms with E-state index in [0.29, 0.717) is 0 Å². The molecule has 0 unspecified atom stereocenters. The van der Waals surface area contributed by atoms with E-state index >= 15 is 35.1 Å². The maximum atomic E-state index is 15.4. The van der Waals surface area contributed by atoms with Gasteiger partial charge in [0.1, 0.15) is 52.7 Å². The Labute approximate surface area is 254 Å². The van der Waals surface area contributed by atoms with Crippen molar-refractivity contribution in [1.29, 1.82) is 0 Å². The van der Waals surface area contributed by atoms with Gasteiger partial charge in [-0.3, -0.25) is 0 Å². The van der Waals surface area contributed by atoms with Crippen molar-refractivity contribution in [2.45, 2.75) is 0 Å². The largest absolute Gasteiger partial charge is 1.00 e. The van der Waals surface area contributed by atoms with Gasteiger partial charge in [0.15, 0.2) is 69.8 Å². The molecule has 0 radical (unpaired) electrons. The second-order valence-corrected chi connectivity index (χ2v) is 8.80. The van der Waals surface area contributed by atoms with Gasteiger partial charge in [0.05, 0.1) is 0 Å². The van der Waals surface area contributed by atoms with Crippen LogP contribution in [-0.4, -0.2) is 6.15 Å². The van der Waals surface area contributed by atoms with Crippen LogP contribution in [0.15, 0.2) is 0 Å². The fourth-order valence-corrected chi connectivity index (χ4v) is 4.87. The Morgan fingerprint density at radius 3 is 0.370 bits per heavy atom. The van der Waals surface area contributed by atoms with Crippen LogP contribution in [0.3, 0.4) is 0 Å². The van der Waals surface area contributed by atoms with E-state index in [-0.39, 0.29) is 22.4 Å². The zero-order chi connectivity index (χ0) is 34.4. The van der Waals surface area contributed by atoms with Crippen molar-refractivity contribution < 1.29 is 110 Å². The Hall–Kier alpha value is -3.71. The van der Waals surface area contributed by atoms with E-state index in [4.69, 9.17) is 0 Å². The molecular weight excluding hydrogens is 787 g/mol. The molecule has 0 amide bonds. The molecule has 46 heavy (non-hydrogen) atoms. The average Bonchev–Trinajstić information content (AvgIpc) is 3.00. The molecule has 0 N–H and O–H groups in total. The molecule has 0 aliphatic carbocycles. The number of halogens is 20. The van der Waals surface area contributed by atoms with Gasteiger partial charge in [-0.05, 0) is 0 Å². The van der Waals surface area contributed by atoms with Gasteiger partial charge in [0.2, 0.25) is 0 Å². The Kier molecular flexibility index (Phi) is 9.70. The maximum absolute atomic E-state index is 15.4. The predicted molar refractivity (Wildman–Crippen MR) is 109 cm³/mol. The van der Waals surface area contributed by atoms with Gasteiger partial charge in [-0.15, -0.1) is 21.9 Å². The monoisotopic (exact) mass is 786 g/mol. The minimum Gasteiger partial charge on any atom is -0.207 e. The Balaban J connectivity index is 0.00000576. The molecule has 4 aromatic rings. The molecule has 0 nitrogen and oxygen atoms in total. The van der Waals surface area contributed by atoms with E-state index in [0.717, 1.165) is 0 Å². The maximum Gasteiger partial charge on any atom is 1.00 e. The fourth-order valence-electron chi connectivity index (χ4n) is 4.87. The third kappa shape index (κ3) is 4.60. The summed E-state index contributed by atoms with van der Waals surface area (Å²) in [5.41, 5.74) is -14.3. The zero-order valence-corrected chi connectivity index (χ0v) is 21.9. The second-order valence-electron chi connectivity index (χ2n) is 8.80. The summed E-state index contributed by atoms with van der Waals surface area (Å²) in [7, 11) is 0. The molecule has 4 aromatic carbocycles. The standard InChI is InChI=1S/C24BF20.Ag/c26-5-1(6(27)14(35)21(42)13(5)34)25(2-7(28)15(36)22(43)16(37)8(2)29,3-9(30)17(38)23(44)18(39)10(3)31)4-11(32)19(40)24(45)20(41)12(4)33;/q-1;+1. The van der Waals surface area contributed by atoms with Crippen molar-refractivity contribution in [1.82, 2.24) is 0 Å². The summed E-state index contributed by atoms with van der Waals surface area (Å²) >= 11 is 0. The van der Waals surface area contributed by atoms with Crippen LogP contribution in [0.4, 0.5) is 87.8 Å². The van der Waals surface area contributed by atoms with Crippen molar-refractivity contribution in [3.05, 3.63) is 116 Å². The molecule has 0 saturated carbocycles. The molecule has 4 rings (SSSR count). The molecule has 0 heterocycles. The SMILES string of the molecule is Fc1c(F)c(F)c([B-](c2c(F)c(F)c(F)c(F)c2F)(c2c(F)c(F)c(F)c(F)c2F)c2c(F)c(F)c(F)c(F)c2F)c(F)c1F.[Ag+]. The van der Waals surface area contributed by atoms with Gasteiger partial charge in [-0.2, -0.15) is 0 Å². The van der Waals surface area contributed by atoms with Crippen LogP contribution < -0.4 is 21.9 Å². The molecule has 0 saturated heterocycles. The molecule has 0 bridgehead atoms. The molecule has 0 aromatic heterocycles. The van der Waals surface area contributed by atoms with Gasteiger partial charge in [-0.1, -0.05) is 0 Å². The van der Waals surface area contributed by atoms with Gasteiger partial charge in [0, 0.05) is 0 Å². The van der Waals surface area contributed by atoms with Gasteiger partial charge >= 0.3 is 22.4 Å². The number of hydrogen-bond donors (Lipinski definition) is 0. The fraction of sp³-hybridized carbons (Fsp3) is 0. The van der Waals surface area contributed by atoms with Crippen LogP contribution in [0.1, 0.15) is 0 Å². The molecule has 0 spiro atoms. The van der Waals surface area contributed by atoms with Crippen molar-refractivity contribution in [2.75, 3.05) is 0 Å². The quantitative estimate of drug-likeness (QED) is 0.106. The van der Waals surface area contributed by atoms with Gasteiger partial charge < -0.3 is 0 Å². The number of rotatable bonds is 4. The molecule has 22 heteroatoms. The van der Waals surface area contributed by atoms with E-state index in [1.807, 2.05) is 0 Å². The zero-order valence-electron chi connectivity index (χ0n) is 20.4. The smallest absolute Gasteiger partial charge is 0.207 e. The first kappa shape index (κ1) is 36.8. The number of hydrogen-bond acceptors (Lipinski definition) is 0. The van der Waals surface area contributed by atoms with Crippen LogP contribution in [0.2, 0.25) is 0 Å². The summed E-state index contributed by atoms with van der Waals surface area (Å²) in [6, 6.07) is 0. The summed E-state index contributed by atoms with van der Waals surface area (Å²) in [6.07, 6.45) is -7.22. The normalized spacial score (nSPS) is 11.7. The third-order valence-electron chi connectivity index (χ3n) is 6.71. The molecule has 0 atom stereocenters. The first-order valence-electron chi connectivity index (χ1n) is 10.9. The summed E-state index contributed by atoms with van der Waals surface area (Å²) in [6.45, 7) is 0. The topological polar surface area (TPSA) is 0 Å². The molecule has 250 valence electrons. The van der Waals surface area contributed by atoms with Crippen LogP contribution in [-0.2, 0) is 22.4 Å². The average molecular weight is 787 g/mol. The van der Waals surface area contributed by atoms with Gasteiger partial charge in [0.25, 0.3) is 0 Å². The molecule has 0 aliphatic heterocycles. The molecular formula is C24AgBF20. The van der Waals surface area contributed by atoms with Crippen molar-refractivity contribution in [2.24, 2.45) is 0 Å².